The molecule has 3 nitrogen and oxygen atoms in total. The Labute approximate surface area is 121 Å². The van der Waals surface area contributed by atoms with Crippen LogP contribution in [0.1, 0.15) is 22.2 Å². The molecular weight excluding hydrogens is 266 g/mol. The standard InChI is InChI=1S/C16H13N3S/c17-10-12-5-3-4-11(8-12)9-13(18)16-19-14-6-1-2-7-15(14)20-16/h1-8,13H,9,18H2/t13-/m0/s1. The maximum Gasteiger partial charge on any atom is 0.111 e. The molecule has 98 valence electrons. The second-order valence-electron chi connectivity index (χ2n) is 4.64. The molecule has 3 aromatic rings. The van der Waals surface area contributed by atoms with Gasteiger partial charge in [0.2, 0.25) is 0 Å². The number of aromatic nitrogens is 1. The van der Waals surface area contributed by atoms with Crippen LogP contribution in [0, 0.1) is 11.3 Å². The van der Waals surface area contributed by atoms with E-state index in [9.17, 15) is 0 Å². The molecule has 3 rings (SSSR count). The molecule has 0 aliphatic carbocycles. The molecule has 4 heteroatoms. The van der Waals surface area contributed by atoms with E-state index in [0.717, 1.165) is 20.8 Å². The van der Waals surface area contributed by atoms with Crippen molar-refractivity contribution in [3.8, 4) is 6.07 Å². The first-order valence-electron chi connectivity index (χ1n) is 6.36. The van der Waals surface area contributed by atoms with Crippen molar-refractivity contribution >= 4 is 21.6 Å². The van der Waals surface area contributed by atoms with Gasteiger partial charge in [0, 0.05) is 0 Å². The number of nitriles is 1. The van der Waals surface area contributed by atoms with Gasteiger partial charge in [-0.05, 0) is 36.2 Å². The van der Waals surface area contributed by atoms with Crippen LogP contribution in [-0.2, 0) is 6.42 Å². The minimum absolute atomic E-state index is 0.138. The molecule has 2 aromatic carbocycles. The predicted molar refractivity (Wildman–Crippen MR) is 81.4 cm³/mol. The third-order valence-electron chi connectivity index (χ3n) is 3.14. The lowest BCUT2D eigenvalue weighted by molar-refractivity contribution is 0.717. The molecule has 0 saturated heterocycles. The summed E-state index contributed by atoms with van der Waals surface area (Å²) in [7, 11) is 0. The maximum atomic E-state index is 8.92. The number of nitrogens with zero attached hydrogens (tertiary/aromatic N) is 2. The van der Waals surface area contributed by atoms with Gasteiger partial charge in [-0.3, -0.25) is 0 Å². The molecule has 0 fully saturated rings. The van der Waals surface area contributed by atoms with E-state index in [-0.39, 0.29) is 6.04 Å². The van der Waals surface area contributed by atoms with E-state index in [4.69, 9.17) is 11.0 Å². The minimum atomic E-state index is -0.138. The first-order chi connectivity index (χ1) is 9.76. The van der Waals surface area contributed by atoms with Crippen LogP contribution in [0.3, 0.4) is 0 Å². The van der Waals surface area contributed by atoms with Crippen LogP contribution >= 0.6 is 11.3 Å². The van der Waals surface area contributed by atoms with E-state index < -0.39 is 0 Å². The van der Waals surface area contributed by atoms with Crippen LogP contribution in [0.25, 0.3) is 10.2 Å². The Bertz CT molecular complexity index is 753. The van der Waals surface area contributed by atoms with Crippen molar-refractivity contribution in [3.05, 3.63) is 64.7 Å². The van der Waals surface area contributed by atoms with Crippen molar-refractivity contribution in [3.63, 3.8) is 0 Å². The summed E-state index contributed by atoms with van der Waals surface area (Å²) in [5, 5.41) is 9.86. The fourth-order valence-corrected chi connectivity index (χ4v) is 3.13. The Morgan fingerprint density at radius 3 is 2.85 bits per heavy atom. The molecule has 0 amide bonds. The average Bonchev–Trinajstić information content (AvgIpc) is 2.91. The van der Waals surface area contributed by atoms with Crippen molar-refractivity contribution in [2.45, 2.75) is 12.5 Å². The van der Waals surface area contributed by atoms with Gasteiger partial charge in [0.1, 0.15) is 5.01 Å². The Morgan fingerprint density at radius 2 is 2.05 bits per heavy atom. The maximum absolute atomic E-state index is 8.92. The van der Waals surface area contributed by atoms with Gasteiger partial charge in [-0.15, -0.1) is 11.3 Å². The molecule has 1 heterocycles. The summed E-state index contributed by atoms with van der Waals surface area (Å²) in [5.74, 6) is 0. The quantitative estimate of drug-likeness (QED) is 0.799. The molecule has 0 spiro atoms. The molecule has 1 aromatic heterocycles. The Kier molecular flexibility index (Phi) is 3.46. The zero-order chi connectivity index (χ0) is 13.9. The van der Waals surface area contributed by atoms with Crippen molar-refractivity contribution in [2.75, 3.05) is 0 Å². The number of nitrogens with two attached hydrogens (primary N) is 1. The highest BCUT2D eigenvalue weighted by atomic mass is 32.1. The number of rotatable bonds is 3. The first kappa shape index (κ1) is 12.8. The summed E-state index contributed by atoms with van der Waals surface area (Å²) in [6.07, 6.45) is 0.690. The molecule has 20 heavy (non-hydrogen) atoms. The molecule has 1 atom stereocenters. The van der Waals surface area contributed by atoms with Gasteiger partial charge in [0.25, 0.3) is 0 Å². The molecule has 0 bridgehead atoms. The summed E-state index contributed by atoms with van der Waals surface area (Å²) < 4.78 is 1.16. The molecule has 0 unspecified atom stereocenters. The molecule has 0 aliphatic heterocycles. The molecule has 0 radical (unpaired) electrons. The monoisotopic (exact) mass is 279 g/mol. The normalized spacial score (nSPS) is 12.2. The second-order valence-corrected chi connectivity index (χ2v) is 5.70. The lowest BCUT2D eigenvalue weighted by Gasteiger charge is -2.08. The van der Waals surface area contributed by atoms with Crippen LogP contribution in [0.5, 0.6) is 0 Å². The van der Waals surface area contributed by atoms with Crippen molar-refractivity contribution in [1.29, 1.82) is 5.26 Å². The summed E-state index contributed by atoms with van der Waals surface area (Å²) in [5.41, 5.74) is 8.97. The Morgan fingerprint density at radius 1 is 1.20 bits per heavy atom. The lowest BCUT2D eigenvalue weighted by atomic mass is 10.0. The molecule has 2 N–H and O–H groups in total. The SMILES string of the molecule is N#Cc1cccc(C[C@H](N)c2nc3ccccc3s2)c1. The molecule has 0 aliphatic rings. The van der Waals surface area contributed by atoms with Crippen molar-refractivity contribution in [1.82, 2.24) is 4.98 Å². The van der Waals surface area contributed by atoms with Crippen molar-refractivity contribution < 1.29 is 0 Å². The van der Waals surface area contributed by atoms with E-state index in [2.05, 4.69) is 17.1 Å². The topological polar surface area (TPSA) is 62.7 Å². The average molecular weight is 279 g/mol. The summed E-state index contributed by atoms with van der Waals surface area (Å²) in [6.45, 7) is 0. The fourth-order valence-electron chi connectivity index (χ4n) is 2.16. The first-order valence-corrected chi connectivity index (χ1v) is 7.18. The summed E-state index contributed by atoms with van der Waals surface area (Å²) >= 11 is 1.63. The minimum Gasteiger partial charge on any atom is -0.322 e. The second kappa shape index (κ2) is 5.41. The van der Waals surface area contributed by atoms with Crippen LogP contribution in [0.4, 0.5) is 0 Å². The highest BCUT2D eigenvalue weighted by Crippen LogP contribution is 2.27. The highest BCUT2D eigenvalue weighted by Gasteiger charge is 2.12. The number of thiazole rings is 1. The van der Waals surface area contributed by atoms with E-state index in [1.165, 1.54) is 0 Å². The summed E-state index contributed by atoms with van der Waals surface area (Å²) in [4.78, 5) is 4.58. The van der Waals surface area contributed by atoms with Crippen LogP contribution in [0.2, 0.25) is 0 Å². The third-order valence-corrected chi connectivity index (χ3v) is 4.31. The highest BCUT2D eigenvalue weighted by molar-refractivity contribution is 7.18. The van der Waals surface area contributed by atoms with Gasteiger partial charge in [-0.2, -0.15) is 5.26 Å². The lowest BCUT2D eigenvalue weighted by Crippen LogP contribution is -2.13. The van der Waals surface area contributed by atoms with Gasteiger partial charge in [-0.1, -0.05) is 24.3 Å². The zero-order valence-electron chi connectivity index (χ0n) is 10.8. The van der Waals surface area contributed by atoms with Gasteiger partial charge >= 0.3 is 0 Å². The largest absolute Gasteiger partial charge is 0.322 e. The van der Waals surface area contributed by atoms with E-state index in [1.54, 1.807) is 17.4 Å². The number of benzene rings is 2. The molecular formula is C16H13N3S. The predicted octanol–water partition coefficient (Wildman–Crippen LogP) is 3.41. The van der Waals surface area contributed by atoms with E-state index >= 15 is 0 Å². The van der Waals surface area contributed by atoms with Gasteiger partial charge in [-0.25, -0.2) is 4.98 Å². The number of hydrogen-bond acceptors (Lipinski definition) is 4. The zero-order valence-corrected chi connectivity index (χ0v) is 11.6. The van der Waals surface area contributed by atoms with Gasteiger partial charge in [0.15, 0.2) is 0 Å². The van der Waals surface area contributed by atoms with Crippen molar-refractivity contribution in [2.24, 2.45) is 5.73 Å². The number of hydrogen-bond donors (Lipinski definition) is 1. The summed E-state index contributed by atoms with van der Waals surface area (Å²) in [6, 6.07) is 17.6. The van der Waals surface area contributed by atoms with Crippen LogP contribution in [-0.4, -0.2) is 4.98 Å². The van der Waals surface area contributed by atoms with Gasteiger partial charge < -0.3 is 5.73 Å². The van der Waals surface area contributed by atoms with Crippen LogP contribution < -0.4 is 5.73 Å². The third kappa shape index (κ3) is 2.55. The van der Waals surface area contributed by atoms with E-state index in [1.807, 2.05) is 36.4 Å². The fraction of sp³-hybridized carbons (Fsp3) is 0.125. The Hall–Kier alpha value is -2.22. The Balaban J connectivity index is 1.85. The van der Waals surface area contributed by atoms with Crippen LogP contribution in [0.15, 0.2) is 48.5 Å². The number of fused-ring (bicyclic) bond motifs is 1. The molecule has 0 saturated carbocycles. The number of para-hydroxylation sites is 1. The van der Waals surface area contributed by atoms with E-state index in [0.29, 0.717) is 12.0 Å². The van der Waals surface area contributed by atoms with Gasteiger partial charge in [0.05, 0.1) is 27.9 Å². The smallest absolute Gasteiger partial charge is 0.111 e.